The van der Waals surface area contributed by atoms with Gasteiger partial charge < -0.3 is 20.1 Å². The number of nitrogens with one attached hydrogen (secondary N) is 1. The van der Waals surface area contributed by atoms with Crippen LogP contribution in [0.5, 0.6) is 5.75 Å². The number of ether oxygens (including phenoxy) is 1. The fourth-order valence-corrected chi connectivity index (χ4v) is 4.09. The molecule has 1 saturated heterocycles. The maximum atomic E-state index is 13.6. The summed E-state index contributed by atoms with van der Waals surface area (Å²) in [5.41, 5.74) is 0.619. The summed E-state index contributed by atoms with van der Waals surface area (Å²) < 4.78 is 6.91. The molecule has 0 aliphatic carbocycles. The molecular weight excluding hydrogens is 422 g/mol. The molecule has 0 bridgehead atoms. The third-order valence-electron chi connectivity index (χ3n) is 5.38. The molecule has 1 fully saturated rings. The summed E-state index contributed by atoms with van der Waals surface area (Å²) in [5.74, 6) is -0.0231. The fourth-order valence-electron chi connectivity index (χ4n) is 3.92. The second kappa shape index (κ2) is 8.84. The van der Waals surface area contributed by atoms with Gasteiger partial charge in [0.25, 0.3) is 0 Å². The number of β-amino-alcohol motifs (C(OH)–C–C–N with tert-alkyl or cyclic N) is 1. The fraction of sp³-hybridized carbons (Fsp3) is 0.524. The van der Waals surface area contributed by atoms with Crippen LogP contribution in [0.4, 0.5) is 0 Å². The van der Waals surface area contributed by atoms with Crippen molar-refractivity contribution in [3.63, 3.8) is 0 Å². The second-order valence-corrected chi connectivity index (χ2v) is 9.14. The van der Waals surface area contributed by atoms with Gasteiger partial charge in [0.2, 0.25) is 11.8 Å². The highest BCUT2D eigenvalue weighted by atomic mass is 35.5. The normalized spacial score (nSPS) is 19.9. The minimum atomic E-state index is -0.756. The summed E-state index contributed by atoms with van der Waals surface area (Å²) in [6.45, 7) is 5.84. The smallest absolute Gasteiger partial charge is 0.248 e. The predicted molar refractivity (Wildman–Crippen MR) is 116 cm³/mol. The quantitative estimate of drug-likeness (QED) is 0.721. The van der Waals surface area contributed by atoms with Crippen molar-refractivity contribution in [2.24, 2.45) is 5.41 Å². The predicted octanol–water partition coefficient (Wildman–Crippen LogP) is 1.90. The Hall–Kier alpha value is -2.65. The standard InChI is InChI=1S/C21H28ClN5O4/c1-21(2,3)18(20(30)26-10-13(28)9-16(26)19(29)23-4)27-11-15(24-25-27)14-8-12(22)6-7-17(14)31-5/h6-8,11,13,16,18,28H,9-10H2,1-5H3,(H,23,29)/t13-,16+,18-/m1/s1. The van der Waals surface area contributed by atoms with E-state index >= 15 is 0 Å². The van der Waals surface area contributed by atoms with E-state index in [2.05, 4.69) is 15.6 Å². The van der Waals surface area contributed by atoms with Crippen molar-refractivity contribution in [2.45, 2.75) is 45.4 Å². The van der Waals surface area contributed by atoms with Crippen LogP contribution in [0.2, 0.25) is 5.02 Å². The van der Waals surface area contributed by atoms with Crippen LogP contribution in [0.1, 0.15) is 33.2 Å². The van der Waals surface area contributed by atoms with Crippen LogP contribution in [0.25, 0.3) is 11.3 Å². The molecule has 3 rings (SSSR count). The van der Waals surface area contributed by atoms with Crippen LogP contribution in [0.3, 0.4) is 0 Å². The Morgan fingerprint density at radius 3 is 2.68 bits per heavy atom. The minimum Gasteiger partial charge on any atom is -0.496 e. The van der Waals surface area contributed by atoms with Gasteiger partial charge in [0.05, 0.1) is 19.4 Å². The van der Waals surface area contributed by atoms with Gasteiger partial charge in [-0.2, -0.15) is 0 Å². The van der Waals surface area contributed by atoms with Gasteiger partial charge in [-0.1, -0.05) is 37.6 Å². The highest BCUT2D eigenvalue weighted by Gasteiger charge is 2.45. The summed E-state index contributed by atoms with van der Waals surface area (Å²) >= 11 is 6.14. The summed E-state index contributed by atoms with van der Waals surface area (Å²) in [4.78, 5) is 27.3. The Labute approximate surface area is 186 Å². The van der Waals surface area contributed by atoms with Gasteiger partial charge in [-0.05, 0) is 23.6 Å². The summed E-state index contributed by atoms with van der Waals surface area (Å²) in [6.07, 6.45) is 1.11. The molecule has 2 aromatic rings. The van der Waals surface area contributed by atoms with Crippen molar-refractivity contribution in [3.05, 3.63) is 29.4 Å². The van der Waals surface area contributed by atoms with Gasteiger partial charge in [-0.25, -0.2) is 4.68 Å². The van der Waals surface area contributed by atoms with E-state index in [1.807, 2.05) is 20.8 Å². The second-order valence-electron chi connectivity index (χ2n) is 8.71. The highest BCUT2D eigenvalue weighted by molar-refractivity contribution is 6.30. The molecule has 2 N–H and O–H groups in total. The summed E-state index contributed by atoms with van der Waals surface area (Å²) in [6, 6.07) is 3.71. The van der Waals surface area contributed by atoms with Crippen molar-refractivity contribution in [2.75, 3.05) is 20.7 Å². The third-order valence-corrected chi connectivity index (χ3v) is 5.61. The topological polar surface area (TPSA) is 110 Å². The van der Waals surface area contributed by atoms with Crippen molar-refractivity contribution >= 4 is 23.4 Å². The first-order valence-corrected chi connectivity index (χ1v) is 10.4. The van der Waals surface area contributed by atoms with Crippen LogP contribution in [0, 0.1) is 5.41 Å². The number of nitrogens with zero attached hydrogens (tertiary/aromatic N) is 4. The van der Waals surface area contributed by atoms with Gasteiger partial charge in [-0.3, -0.25) is 9.59 Å². The van der Waals surface area contributed by atoms with E-state index in [0.717, 1.165) is 0 Å². The van der Waals surface area contributed by atoms with Crippen LogP contribution in [0.15, 0.2) is 24.4 Å². The Balaban J connectivity index is 1.99. The molecule has 31 heavy (non-hydrogen) atoms. The number of likely N-dealkylation sites (N-methyl/N-ethyl adjacent to an activating group) is 1. The first-order chi connectivity index (χ1) is 14.6. The molecule has 1 aliphatic heterocycles. The number of aromatic nitrogens is 3. The number of carbonyl (C=O) groups is 2. The average molecular weight is 450 g/mol. The largest absolute Gasteiger partial charge is 0.496 e. The molecule has 0 unspecified atom stereocenters. The lowest BCUT2D eigenvalue weighted by atomic mass is 9.85. The minimum absolute atomic E-state index is 0.0904. The lowest BCUT2D eigenvalue weighted by Crippen LogP contribution is -2.49. The molecule has 0 radical (unpaired) electrons. The zero-order valence-corrected chi connectivity index (χ0v) is 19.1. The number of hydrogen-bond acceptors (Lipinski definition) is 6. The van der Waals surface area contributed by atoms with Crippen LogP contribution >= 0.6 is 11.6 Å². The Kier molecular flexibility index (Phi) is 6.56. The number of halogens is 1. The number of methoxy groups -OCH3 is 1. The Morgan fingerprint density at radius 1 is 1.35 bits per heavy atom. The van der Waals surface area contributed by atoms with E-state index in [-0.39, 0.29) is 24.8 Å². The Bertz CT molecular complexity index is 971. The maximum Gasteiger partial charge on any atom is 0.248 e. The molecular formula is C21H28ClN5O4. The number of amides is 2. The van der Waals surface area contributed by atoms with E-state index in [4.69, 9.17) is 16.3 Å². The number of rotatable bonds is 5. The van der Waals surface area contributed by atoms with E-state index in [9.17, 15) is 14.7 Å². The molecule has 0 spiro atoms. The van der Waals surface area contributed by atoms with Gasteiger partial charge in [-0.15, -0.1) is 5.10 Å². The number of aliphatic hydroxyl groups excluding tert-OH is 1. The maximum absolute atomic E-state index is 13.6. The monoisotopic (exact) mass is 449 g/mol. The third kappa shape index (κ3) is 4.67. The SMILES string of the molecule is CNC(=O)[C@@H]1C[C@@H](O)CN1C(=O)[C@@H](n1cc(-c2cc(Cl)ccc2OC)nn1)C(C)(C)C. The zero-order valence-electron chi connectivity index (χ0n) is 18.3. The lowest BCUT2D eigenvalue weighted by molar-refractivity contribution is -0.144. The highest BCUT2D eigenvalue weighted by Crippen LogP contribution is 2.36. The lowest BCUT2D eigenvalue weighted by Gasteiger charge is -2.34. The van der Waals surface area contributed by atoms with Crippen molar-refractivity contribution in [3.8, 4) is 17.0 Å². The molecule has 0 saturated carbocycles. The zero-order chi connectivity index (χ0) is 22.9. The number of hydrogen-bond donors (Lipinski definition) is 2. The van der Waals surface area contributed by atoms with E-state index in [0.29, 0.717) is 22.0 Å². The van der Waals surface area contributed by atoms with Crippen LogP contribution in [-0.2, 0) is 9.59 Å². The molecule has 2 amide bonds. The van der Waals surface area contributed by atoms with Crippen LogP contribution in [-0.4, -0.2) is 69.7 Å². The van der Waals surface area contributed by atoms with E-state index in [1.165, 1.54) is 16.6 Å². The molecule has 3 atom stereocenters. The van der Waals surface area contributed by atoms with Crippen LogP contribution < -0.4 is 10.1 Å². The van der Waals surface area contributed by atoms with E-state index < -0.39 is 23.6 Å². The molecule has 1 aromatic carbocycles. The van der Waals surface area contributed by atoms with Gasteiger partial charge in [0.1, 0.15) is 23.5 Å². The molecule has 1 aliphatic rings. The van der Waals surface area contributed by atoms with Crippen molar-refractivity contribution in [1.29, 1.82) is 0 Å². The van der Waals surface area contributed by atoms with E-state index in [1.54, 1.807) is 31.5 Å². The average Bonchev–Trinajstić information content (AvgIpc) is 3.33. The number of benzene rings is 1. The summed E-state index contributed by atoms with van der Waals surface area (Å²) in [5, 5.41) is 21.7. The molecule has 1 aromatic heterocycles. The van der Waals surface area contributed by atoms with Gasteiger partial charge in [0, 0.05) is 30.6 Å². The molecule has 2 heterocycles. The first kappa shape index (κ1) is 23.0. The van der Waals surface area contributed by atoms with Gasteiger partial charge in [0.15, 0.2) is 0 Å². The van der Waals surface area contributed by atoms with Gasteiger partial charge >= 0.3 is 0 Å². The first-order valence-electron chi connectivity index (χ1n) is 10.0. The number of likely N-dealkylation sites (tertiary alicyclic amines) is 1. The Morgan fingerprint density at radius 2 is 2.06 bits per heavy atom. The van der Waals surface area contributed by atoms with Crippen molar-refractivity contribution in [1.82, 2.24) is 25.2 Å². The molecule has 168 valence electrons. The summed E-state index contributed by atoms with van der Waals surface area (Å²) in [7, 11) is 3.06. The number of aliphatic hydroxyl groups is 1. The molecule has 9 nitrogen and oxygen atoms in total. The molecule has 10 heteroatoms. The van der Waals surface area contributed by atoms with Crippen molar-refractivity contribution < 1.29 is 19.4 Å². The number of carbonyl (C=O) groups excluding carboxylic acids is 2.